The first kappa shape index (κ1) is 15.3. The van der Waals surface area contributed by atoms with Crippen molar-refractivity contribution in [1.29, 1.82) is 0 Å². The van der Waals surface area contributed by atoms with E-state index in [1.54, 1.807) is 0 Å². The molecule has 0 aliphatic heterocycles. The number of rotatable bonds is 6. The van der Waals surface area contributed by atoms with Crippen molar-refractivity contribution >= 4 is 11.6 Å². The molecule has 102 valence electrons. The number of nitrogens with one attached hydrogen (secondary N) is 1. The van der Waals surface area contributed by atoms with Crippen molar-refractivity contribution in [2.24, 2.45) is 0 Å². The highest BCUT2D eigenvalue weighted by molar-refractivity contribution is 6.32. The summed E-state index contributed by atoms with van der Waals surface area (Å²) in [6.07, 6.45) is 1.21. The van der Waals surface area contributed by atoms with Gasteiger partial charge in [0, 0.05) is 12.0 Å². The molecule has 0 amide bonds. The normalized spacial score (nSPS) is 14.6. The summed E-state index contributed by atoms with van der Waals surface area (Å²) in [6, 6.07) is 6.12. The molecular weight excluding hydrogens is 246 g/mol. The SMILES string of the molecule is CCC(C)(CNC)c1ccc(OC(C)C)c(Cl)c1. The summed E-state index contributed by atoms with van der Waals surface area (Å²) in [7, 11) is 1.98. The standard InChI is InChI=1S/C15H24ClNO/c1-6-15(4,10-17-5)12-7-8-14(13(16)9-12)18-11(2)3/h7-9,11,17H,6,10H2,1-5H3. The van der Waals surface area contributed by atoms with Crippen LogP contribution in [0.3, 0.4) is 0 Å². The molecular formula is C15H24ClNO. The molecule has 1 aromatic carbocycles. The molecule has 0 aromatic heterocycles. The van der Waals surface area contributed by atoms with Crippen LogP contribution >= 0.6 is 11.6 Å². The van der Waals surface area contributed by atoms with E-state index in [4.69, 9.17) is 16.3 Å². The number of ether oxygens (including phenoxy) is 1. The van der Waals surface area contributed by atoms with Gasteiger partial charge >= 0.3 is 0 Å². The van der Waals surface area contributed by atoms with Crippen LogP contribution in [0, 0.1) is 0 Å². The van der Waals surface area contributed by atoms with Gasteiger partial charge in [-0.2, -0.15) is 0 Å². The summed E-state index contributed by atoms with van der Waals surface area (Å²) in [6.45, 7) is 9.38. The summed E-state index contributed by atoms with van der Waals surface area (Å²) in [4.78, 5) is 0. The van der Waals surface area contributed by atoms with E-state index in [0.29, 0.717) is 5.02 Å². The van der Waals surface area contributed by atoms with Gasteiger partial charge in [-0.1, -0.05) is 31.5 Å². The van der Waals surface area contributed by atoms with Crippen molar-refractivity contribution in [1.82, 2.24) is 5.32 Å². The molecule has 0 radical (unpaired) electrons. The molecule has 2 nitrogen and oxygen atoms in total. The molecule has 18 heavy (non-hydrogen) atoms. The maximum Gasteiger partial charge on any atom is 0.138 e. The maximum atomic E-state index is 6.29. The van der Waals surface area contributed by atoms with Gasteiger partial charge in [0.15, 0.2) is 0 Å². The van der Waals surface area contributed by atoms with Crippen molar-refractivity contribution in [2.45, 2.75) is 45.6 Å². The number of hydrogen-bond donors (Lipinski definition) is 1. The second-order valence-corrected chi connectivity index (χ2v) is 5.66. The zero-order valence-corrected chi connectivity index (χ0v) is 12.8. The molecule has 1 N–H and O–H groups in total. The topological polar surface area (TPSA) is 21.3 Å². The van der Waals surface area contributed by atoms with Gasteiger partial charge in [0.05, 0.1) is 11.1 Å². The van der Waals surface area contributed by atoms with Gasteiger partial charge in [0.2, 0.25) is 0 Å². The number of benzene rings is 1. The molecule has 0 aliphatic carbocycles. The van der Waals surface area contributed by atoms with E-state index in [9.17, 15) is 0 Å². The summed E-state index contributed by atoms with van der Waals surface area (Å²) >= 11 is 6.29. The van der Waals surface area contributed by atoms with E-state index >= 15 is 0 Å². The third-order valence-electron chi connectivity index (χ3n) is 3.34. The Balaban J connectivity index is 3.02. The van der Waals surface area contributed by atoms with E-state index in [1.807, 2.05) is 33.0 Å². The lowest BCUT2D eigenvalue weighted by atomic mass is 9.80. The average molecular weight is 270 g/mol. The molecule has 0 spiro atoms. The molecule has 1 unspecified atom stereocenters. The number of hydrogen-bond acceptors (Lipinski definition) is 2. The third kappa shape index (κ3) is 3.63. The van der Waals surface area contributed by atoms with Crippen LogP contribution in [-0.2, 0) is 5.41 Å². The van der Waals surface area contributed by atoms with E-state index in [1.165, 1.54) is 5.56 Å². The monoisotopic (exact) mass is 269 g/mol. The fourth-order valence-electron chi connectivity index (χ4n) is 2.05. The molecule has 0 saturated carbocycles. The Labute approximate surface area is 116 Å². The first-order valence-electron chi connectivity index (χ1n) is 6.54. The quantitative estimate of drug-likeness (QED) is 0.842. The number of halogens is 1. The lowest BCUT2D eigenvalue weighted by molar-refractivity contribution is 0.242. The minimum atomic E-state index is 0.106. The van der Waals surface area contributed by atoms with Gasteiger partial charge in [-0.3, -0.25) is 0 Å². The van der Waals surface area contributed by atoms with Crippen LogP contribution in [0.4, 0.5) is 0 Å². The second kappa shape index (κ2) is 6.44. The number of likely N-dealkylation sites (N-methyl/N-ethyl adjacent to an activating group) is 1. The lowest BCUT2D eigenvalue weighted by Gasteiger charge is -2.29. The molecule has 0 bridgehead atoms. The Bertz CT molecular complexity index is 392. The molecule has 0 saturated heterocycles. The van der Waals surface area contributed by atoms with Gasteiger partial charge in [0.1, 0.15) is 5.75 Å². The zero-order chi connectivity index (χ0) is 13.8. The Kier molecular flexibility index (Phi) is 5.48. The first-order valence-corrected chi connectivity index (χ1v) is 6.92. The van der Waals surface area contributed by atoms with Crippen LogP contribution in [0.1, 0.15) is 39.7 Å². The van der Waals surface area contributed by atoms with Crippen LogP contribution in [0.2, 0.25) is 5.02 Å². The summed E-state index contributed by atoms with van der Waals surface area (Å²) in [5.41, 5.74) is 1.36. The fraction of sp³-hybridized carbons (Fsp3) is 0.600. The van der Waals surface area contributed by atoms with E-state index in [-0.39, 0.29) is 11.5 Å². The van der Waals surface area contributed by atoms with Crippen molar-refractivity contribution in [3.05, 3.63) is 28.8 Å². The Hall–Kier alpha value is -0.730. The minimum absolute atomic E-state index is 0.106. The van der Waals surface area contributed by atoms with Crippen LogP contribution in [0.5, 0.6) is 5.75 Å². The molecule has 1 rings (SSSR count). The van der Waals surface area contributed by atoms with Crippen LogP contribution < -0.4 is 10.1 Å². The second-order valence-electron chi connectivity index (χ2n) is 5.26. The van der Waals surface area contributed by atoms with Gasteiger partial charge in [-0.05, 0) is 45.0 Å². The van der Waals surface area contributed by atoms with Crippen molar-refractivity contribution < 1.29 is 4.74 Å². The summed E-state index contributed by atoms with van der Waals surface area (Å²) in [5.74, 6) is 0.762. The van der Waals surface area contributed by atoms with Crippen molar-refractivity contribution in [3.63, 3.8) is 0 Å². The molecule has 3 heteroatoms. The summed E-state index contributed by atoms with van der Waals surface area (Å²) < 4.78 is 5.66. The fourth-order valence-corrected chi connectivity index (χ4v) is 2.27. The molecule has 1 aromatic rings. The Morgan fingerprint density at radius 2 is 2.06 bits per heavy atom. The molecule has 0 fully saturated rings. The molecule has 0 heterocycles. The predicted molar refractivity (Wildman–Crippen MR) is 78.8 cm³/mol. The molecule has 1 atom stereocenters. The van der Waals surface area contributed by atoms with Crippen LogP contribution in [0.15, 0.2) is 18.2 Å². The largest absolute Gasteiger partial charge is 0.489 e. The van der Waals surface area contributed by atoms with E-state index in [2.05, 4.69) is 25.2 Å². The summed E-state index contributed by atoms with van der Waals surface area (Å²) in [5, 5.41) is 3.94. The smallest absolute Gasteiger partial charge is 0.138 e. The molecule has 0 aliphatic rings. The van der Waals surface area contributed by atoms with Gasteiger partial charge in [-0.25, -0.2) is 0 Å². The third-order valence-corrected chi connectivity index (χ3v) is 3.63. The average Bonchev–Trinajstić information content (AvgIpc) is 2.31. The van der Waals surface area contributed by atoms with Crippen LogP contribution in [0.25, 0.3) is 0 Å². The maximum absolute atomic E-state index is 6.29. The van der Waals surface area contributed by atoms with Crippen LogP contribution in [-0.4, -0.2) is 19.7 Å². The highest BCUT2D eigenvalue weighted by atomic mass is 35.5. The first-order chi connectivity index (χ1) is 8.42. The lowest BCUT2D eigenvalue weighted by Crippen LogP contribution is -2.33. The predicted octanol–water partition coefficient (Wildman–Crippen LogP) is 4.01. The highest BCUT2D eigenvalue weighted by Gasteiger charge is 2.24. The Morgan fingerprint density at radius 3 is 2.50 bits per heavy atom. The van der Waals surface area contributed by atoms with E-state index < -0.39 is 0 Å². The van der Waals surface area contributed by atoms with Gasteiger partial charge < -0.3 is 10.1 Å². The van der Waals surface area contributed by atoms with Crippen molar-refractivity contribution in [2.75, 3.05) is 13.6 Å². The Morgan fingerprint density at radius 1 is 1.39 bits per heavy atom. The zero-order valence-electron chi connectivity index (χ0n) is 12.0. The minimum Gasteiger partial charge on any atom is -0.489 e. The van der Waals surface area contributed by atoms with Gasteiger partial charge in [-0.15, -0.1) is 0 Å². The van der Waals surface area contributed by atoms with E-state index in [0.717, 1.165) is 18.7 Å². The highest BCUT2D eigenvalue weighted by Crippen LogP contribution is 2.33. The van der Waals surface area contributed by atoms with Gasteiger partial charge in [0.25, 0.3) is 0 Å². The van der Waals surface area contributed by atoms with Crippen molar-refractivity contribution in [3.8, 4) is 5.75 Å².